The van der Waals surface area contributed by atoms with E-state index in [1.165, 1.54) is 34.4 Å². The summed E-state index contributed by atoms with van der Waals surface area (Å²) in [4.78, 5) is 13.4. The first-order valence-electron chi connectivity index (χ1n) is 10.8. The Balaban J connectivity index is 1.29. The van der Waals surface area contributed by atoms with Crippen molar-refractivity contribution in [1.82, 2.24) is 4.90 Å². The van der Waals surface area contributed by atoms with Crippen molar-refractivity contribution in [3.05, 3.63) is 82.8 Å². The Morgan fingerprint density at radius 3 is 2.68 bits per heavy atom. The fraction of sp³-hybridized carbons (Fsp3) is 0.346. The molecule has 0 amide bonds. The number of rotatable bonds is 9. The Labute approximate surface area is 188 Å². The molecular weight excluding hydrogens is 413 g/mol. The first-order chi connectivity index (χ1) is 15.0. The minimum atomic E-state index is -0.323. The number of carbonyl (C=O) groups is 1. The number of ether oxygens (including phenoxy) is 1. The number of hydrogen-bond donors (Lipinski definition) is 0. The molecular formula is C26H27ClFNO2. The molecule has 0 bridgehead atoms. The number of halogens is 2. The van der Waals surface area contributed by atoms with Gasteiger partial charge >= 0.3 is 0 Å². The van der Waals surface area contributed by atoms with Gasteiger partial charge in [-0.25, -0.2) is 4.39 Å². The Bertz CT molecular complexity index is 1010. The predicted molar refractivity (Wildman–Crippen MR) is 123 cm³/mol. The lowest BCUT2D eigenvalue weighted by atomic mass is 9.85. The highest BCUT2D eigenvalue weighted by molar-refractivity contribution is 6.65. The Morgan fingerprint density at radius 1 is 1.16 bits per heavy atom. The molecule has 2 aromatic carbocycles. The van der Waals surface area contributed by atoms with Crippen LogP contribution < -0.4 is 4.74 Å². The summed E-state index contributed by atoms with van der Waals surface area (Å²) in [6.45, 7) is 3.58. The summed E-state index contributed by atoms with van der Waals surface area (Å²) in [5, 5.41) is -0.323. The lowest BCUT2D eigenvalue weighted by molar-refractivity contribution is -0.115. The molecule has 0 saturated carbocycles. The molecule has 1 aliphatic heterocycles. The van der Waals surface area contributed by atoms with E-state index in [4.69, 9.17) is 16.3 Å². The normalized spacial score (nSPS) is 17.4. The van der Waals surface area contributed by atoms with E-state index in [0.29, 0.717) is 6.61 Å². The largest absolute Gasteiger partial charge is 0.494 e. The number of fused-ring (bicyclic) bond motifs is 1. The van der Waals surface area contributed by atoms with Gasteiger partial charge in [0.1, 0.15) is 17.6 Å². The zero-order valence-electron chi connectivity index (χ0n) is 17.7. The van der Waals surface area contributed by atoms with Crippen LogP contribution in [0.3, 0.4) is 0 Å². The van der Waals surface area contributed by atoms with Crippen LogP contribution in [0.1, 0.15) is 42.9 Å². The molecule has 4 rings (SSSR count). The molecule has 2 aliphatic rings. The van der Waals surface area contributed by atoms with E-state index in [2.05, 4.69) is 19.1 Å². The van der Waals surface area contributed by atoms with Crippen molar-refractivity contribution in [2.75, 3.05) is 13.2 Å². The van der Waals surface area contributed by atoms with E-state index in [1.807, 2.05) is 35.4 Å². The molecule has 0 saturated heterocycles. The van der Waals surface area contributed by atoms with Gasteiger partial charge in [-0.3, -0.25) is 4.79 Å². The van der Waals surface area contributed by atoms with Crippen LogP contribution in [-0.2, 0) is 17.6 Å². The topological polar surface area (TPSA) is 29.5 Å². The number of hydrogen-bond acceptors (Lipinski definition) is 3. The van der Waals surface area contributed by atoms with Gasteiger partial charge < -0.3 is 9.64 Å². The average molecular weight is 440 g/mol. The lowest BCUT2D eigenvalue weighted by Crippen LogP contribution is -2.42. The molecule has 0 N–H and O–H groups in total. The first kappa shape index (κ1) is 21.6. The third kappa shape index (κ3) is 5.19. The van der Waals surface area contributed by atoms with E-state index < -0.39 is 0 Å². The molecule has 162 valence electrons. The molecule has 3 nitrogen and oxygen atoms in total. The third-order valence-electron chi connectivity index (χ3n) is 6.17. The summed E-state index contributed by atoms with van der Waals surface area (Å²) >= 11 is 5.65. The highest BCUT2D eigenvalue weighted by Crippen LogP contribution is 2.34. The lowest BCUT2D eigenvalue weighted by Gasteiger charge is -2.35. The monoisotopic (exact) mass is 439 g/mol. The fourth-order valence-corrected chi connectivity index (χ4v) is 4.44. The number of allylic oxidation sites excluding steroid dienone is 1. The van der Waals surface area contributed by atoms with Gasteiger partial charge in [0.25, 0.3) is 0 Å². The van der Waals surface area contributed by atoms with Gasteiger partial charge in [0, 0.05) is 6.54 Å². The second-order valence-electron chi connectivity index (χ2n) is 8.24. The molecule has 31 heavy (non-hydrogen) atoms. The summed E-state index contributed by atoms with van der Waals surface area (Å²) in [5.74, 6) is 0.721. The highest BCUT2D eigenvalue weighted by Gasteiger charge is 2.28. The number of nitrogens with zero attached hydrogens (tertiary/aromatic N) is 1. The number of carbonyl (C=O) groups excluding carboxylic acids is 1. The van der Waals surface area contributed by atoms with E-state index >= 15 is 0 Å². The minimum Gasteiger partial charge on any atom is -0.494 e. The molecule has 0 aromatic heterocycles. The van der Waals surface area contributed by atoms with Gasteiger partial charge in [0.05, 0.1) is 6.61 Å². The standard InChI is InChI=1S/C26H27ClFNO2/c1-18-21(17-29-14-13-25(29)26(27)30)8-7-20-16-23(11-12-24(18)20)31-15-3-2-4-19-5-9-22(28)10-6-19/h5-6,9-14,16,25H,2-4,7-8,15,17H2,1H3. The highest BCUT2D eigenvalue weighted by atomic mass is 35.5. The SMILES string of the molecule is CC1=C(CN2C=CC2C(=O)Cl)CCc2cc(OCCCCc3ccc(F)cc3)ccc21. The van der Waals surface area contributed by atoms with Crippen molar-refractivity contribution < 1.29 is 13.9 Å². The molecule has 1 aliphatic carbocycles. The zero-order chi connectivity index (χ0) is 21.8. The fourth-order valence-electron chi connectivity index (χ4n) is 4.24. The van der Waals surface area contributed by atoms with Crippen molar-refractivity contribution >= 4 is 22.4 Å². The van der Waals surface area contributed by atoms with Crippen LogP contribution >= 0.6 is 11.6 Å². The minimum absolute atomic E-state index is 0.191. The van der Waals surface area contributed by atoms with Gasteiger partial charge in [0.2, 0.25) is 5.24 Å². The van der Waals surface area contributed by atoms with E-state index in [9.17, 15) is 9.18 Å². The van der Waals surface area contributed by atoms with E-state index in [0.717, 1.165) is 50.0 Å². The van der Waals surface area contributed by atoms with Crippen molar-refractivity contribution in [1.29, 1.82) is 0 Å². The van der Waals surface area contributed by atoms with Crippen LogP contribution in [-0.4, -0.2) is 29.3 Å². The molecule has 1 atom stereocenters. The van der Waals surface area contributed by atoms with Crippen molar-refractivity contribution in [3.8, 4) is 5.75 Å². The van der Waals surface area contributed by atoms with Gasteiger partial charge in [-0.15, -0.1) is 0 Å². The quantitative estimate of drug-likeness (QED) is 0.359. The molecule has 5 heteroatoms. The Morgan fingerprint density at radius 2 is 1.97 bits per heavy atom. The molecule has 0 fully saturated rings. The summed E-state index contributed by atoms with van der Waals surface area (Å²) in [6.07, 6.45) is 8.64. The molecule has 2 aromatic rings. The molecule has 1 heterocycles. The smallest absolute Gasteiger partial charge is 0.248 e. The summed E-state index contributed by atoms with van der Waals surface area (Å²) in [6, 6.07) is 12.8. The Kier molecular flexibility index (Phi) is 6.77. The summed E-state index contributed by atoms with van der Waals surface area (Å²) in [5.41, 5.74) is 6.38. The van der Waals surface area contributed by atoms with Crippen LogP contribution in [0.2, 0.25) is 0 Å². The van der Waals surface area contributed by atoms with E-state index in [-0.39, 0.29) is 17.1 Å². The second-order valence-corrected chi connectivity index (χ2v) is 8.61. The first-order valence-corrected chi connectivity index (χ1v) is 11.2. The van der Waals surface area contributed by atoms with Crippen molar-refractivity contribution in [2.45, 2.75) is 45.1 Å². The van der Waals surface area contributed by atoms with Crippen LogP contribution in [0, 0.1) is 5.82 Å². The van der Waals surface area contributed by atoms with Gasteiger partial charge in [0.15, 0.2) is 0 Å². The van der Waals surface area contributed by atoms with Gasteiger partial charge in [-0.05, 0) is 115 Å². The van der Waals surface area contributed by atoms with Crippen LogP contribution in [0.4, 0.5) is 4.39 Å². The molecule has 0 spiro atoms. The molecule has 1 unspecified atom stereocenters. The summed E-state index contributed by atoms with van der Waals surface area (Å²) in [7, 11) is 0. The zero-order valence-corrected chi connectivity index (χ0v) is 18.5. The maximum atomic E-state index is 13.0. The van der Waals surface area contributed by atoms with Gasteiger partial charge in [-0.2, -0.15) is 0 Å². The van der Waals surface area contributed by atoms with Gasteiger partial charge in [-0.1, -0.05) is 18.2 Å². The van der Waals surface area contributed by atoms with Crippen LogP contribution in [0.5, 0.6) is 5.75 Å². The second kappa shape index (κ2) is 9.69. The average Bonchev–Trinajstić information content (AvgIpc) is 2.73. The number of benzene rings is 2. The third-order valence-corrected chi connectivity index (χ3v) is 6.40. The number of unbranched alkanes of at least 4 members (excludes halogenated alkanes) is 1. The van der Waals surface area contributed by atoms with Crippen molar-refractivity contribution in [3.63, 3.8) is 0 Å². The van der Waals surface area contributed by atoms with E-state index in [1.54, 1.807) is 0 Å². The predicted octanol–water partition coefficient (Wildman–Crippen LogP) is 5.91. The Hall–Kier alpha value is -2.59. The van der Waals surface area contributed by atoms with Crippen LogP contribution in [0.25, 0.3) is 5.57 Å². The molecule has 0 radical (unpaired) electrons. The summed E-state index contributed by atoms with van der Waals surface area (Å²) < 4.78 is 18.9. The van der Waals surface area contributed by atoms with Crippen molar-refractivity contribution in [2.24, 2.45) is 0 Å². The maximum absolute atomic E-state index is 13.0. The maximum Gasteiger partial charge on any atom is 0.248 e. The number of aryl methyl sites for hydroxylation is 2. The van der Waals surface area contributed by atoms with Crippen LogP contribution in [0.15, 0.2) is 60.3 Å².